The molecule has 3 aromatic rings. The standard InChI is InChI=1S/C31H29N5O4/c1-20(37)36-27-5-3-2-4-24(27)30(38)29(36)18-23-17-28(34-10-8-21(19-32)9-11-34)25-16-22(6-7-26(25)33-23)31(39)35-12-14-40-15-13-35/h2-7,16-18,21H,8-15H2,1H3/b29-18-. The van der Waals surface area contributed by atoms with Gasteiger partial charge in [0.15, 0.2) is 0 Å². The van der Waals surface area contributed by atoms with Crippen LogP contribution in [0.25, 0.3) is 17.0 Å². The van der Waals surface area contributed by atoms with Crippen LogP contribution in [-0.2, 0) is 9.53 Å². The molecule has 9 nitrogen and oxygen atoms in total. The van der Waals surface area contributed by atoms with Crippen LogP contribution in [0.1, 0.15) is 46.2 Å². The number of para-hydroxylation sites is 1. The minimum atomic E-state index is -0.254. The number of morpholine rings is 1. The summed E-state index contributed by atoms with van der Waals surface area (Å²) in [4.78, 5) is 49.5. The number of ether oxygens (including phenoxy) is 1. The van der Waals surface area contributed by atoms with Crippen molar-refractivity contribution in [2.24, 2.45) is 5.92 Å². The number of amides is 2. The smallest absolute Gasteiger partial charge is 0.254 e. The summed E-state index contributed by atoms with van der Waals surface area (Å²) in [6.45, 7) is 4.99. The van der Waals surface area contributed by atoms with Crippen molar-refractivity contribution in [3.8, 4) is 6.07 Å². The van der Waals surface area contributed by atoms with Crippen molar-refractivity contribution in [1.82, 2.24) is 9.88 Å². The molecule has 1 aromatic heterocycles. The number of fused-ring (bicyclic) bond motifs is 2. The fourth-order valence-corrected chi connectivity index (χ4v) is 5.73. The van der Waals surface area contributed by atoms with Gasteiger partial charge in [0.2, 0.25) is 11.7 Å². The zero-order valence-electron chi connectivity index (χ0n) is 22.3. The number of carbonyl (C=O) groups is 3. The molecule has 3 aliphatic rings. The predicted octanol–water partition coefficient (Wildman–Crippen LogP) is 4.04. The monoisotopic (exact) mass is 535 g/mol. The minimum absolute atomic E-state index is 0.0168. The first-order chi connectivity index (χ1) is 19.4. The van der Waals surface area contributed by atoms with E-state index >= 15 is 0 Å². The van der Waals surface area contributed by atoms with Gasteiger partial charge in [-0.05, 0) is 55.3 Å². The molecular formula is C31H29N5O4. The SMILES string of the molecule is CC(=O)N1/C(=C\c2cc(N3CCC(C#N)CC3)c3cc(C(=O)N4CCOCC4)ccc3n2)C(=O)c2ccccc21. The van der Waals surface area contributed by atoms with Crippen LogP contribution in [0.5, 0.6) is 0 Å². The highest BCUT2D eigenvalue weighted by molar-refractivity contribution is 6.26. The number of hydrogen-bond acceptors (Lipinski definition) is 7. The Balaban J connectivity index is 1.44. The maximum absolute atomic E-state index is 13.3. The molecule has 0 radical (unpaired) electrons. The Morgan fingerprint density at radius 1 is 1.02 bits per heavy atom. The highest BCUT2D eigenvalue weighted by atomic mass is 16.5. The van der Waals surface area contributed by atoms with E-state index in [-0.39, 0.29) is 29.2 Å². The Labute approximate surface area is 232 Å². The van der Waals surface area contributed by atoms with Gasteiger partial charge < -0.3 is 14.5 Å². The number of rotatable bonds is 3. The van der Waals surface area contributed by atoms with E-state index in [1.807, 2.05) is 18.2 Å². The van der Waals surface area contributed by atoms with E-state index in [1.54, 1.807) is 41.3 Å². The molecule has 2 aromatic carbocycles. The summed E-state index contributed by atoms with van der Waals surface area (Å²) in [6.07, 6.45) is 3.16. The van der Waals surface area contributed by atoms with Crippen molar-refractivity contribution in [2.45, 2.75) is 19.8 Å². The molecule has 9 heteroatoms. The maximum atomic E-state index is 13.3. The number of benzene rings is 2. The Bertz CT molecular complexity index is 1590. The van der Waals surface area contributed by atoms with Crippen molar-refractivity contribution in [2.75, 3.05) is 49.2 Å². The second-order valence-electron chi connectivity index (χ2n) is 10.3. The number of Topliss-reactive ketones (excluding diaryl/α,β-unsaturated/α-hetero) is 1. The van der Waals surface area contributed by atoms with Gasteiger partial charge in [0, 0.05) is 61.2 Å². The Morgan fingerprint density at radius 3 is 2.50 bits per heavy atom. The summed E-state index contributed by atoms with van der Waals surface area (Å²) in [7, 11) is 0. The number of pyridine rings is 1. The van der Waals surface area contributed by atoms with Crippen LogP contribution in [0.3, 0.4) is 0 Å². The Morgan fingerprint density at radius 2 is 1.77 bits per heavy atom. The van der Waals surface area contributed by atoms with Crippen LogP contribution in [-0.4, -0.2) is 66.9 Å². The first kappa shape index (κ1) is 25.7. The van der Waals surface area contributed by atoms with Gasteiger partial charge in [-0.2, -0.15) is 5.26 Å². The topological polar surface area (TPSA) is 107 Å². The molecule has 0 saturated carbocycles. The average Bonchev–Trinajstić information content (AvgIpc) is 3.27. The van der Waals surface area contributed by atoms with Gasteiger partial charge in [-0.1, -0.05) is 12.1 Å². The number of nitriles is 1. The summed E-state index contributed by atoms with van der Waals surface area (Å²) in [6, 6.07) is 16.9. The first-order valence-electron chi connectivity index (χ1n) is 13.6. The lowest BCUT2D eigenvalue weighted by molar-refractivity contribution is -0.116. The van der Waals surface area contributed by atoms with Gasteiger partial charge in [0.1, 0.15) is 0 Å². The first-order valence-corrected chi connectivity index (χ1v) is 13.6. The summed E-state index contributed by atoms with van der Waals surface area (Å²) >= 11 is 0. The van der Waals surface area contributed by atoms with E-state index in [0.29, 0.717) is 67.4 Å². The van der Waals surface area contributed by atoms with Crippen LogP contribution in [0.4, 0.5) is 11.4 Å². The fraction of sp³-hybridized carbons (Fsp3) is 0.323. The number of aromatic nitrogens is 1. The van der Waals surface area contributed by atoms with Crippen LogP contribution in [0.2, 0.25) is 0 Å². The predicted molar refractivity (Wildman–Crippen MR) is 151 cm³/mol. The molecule has 3 aliphatic heterocycles. The van der Waals surface area contributed by atoms with Crippen molar-refractivity contribution in [3.05, 3.63) is 71.0 Å². The molecule has 0 spiro atoms. The average molecular weight is 536 g/mol. The third-order valence-electron chi connectivity index (χ3n) is 7.83. The van der Waals surface area contributed by atoms with E-state index in [9.17, 15) is 19.6 Å². The largest absolute Gasteiger partial charge is 0.378 e. The zero-order chi connectivity index (χ0) is 27.8. The summed E-state index contributed by atoms with van der Waals surface area (Å²) in [5.41, 5.74) is 4.00. The van der Waals surface area contributed by atoms with Crippen molar-refractivity contribution in [1.29, 1.82) is 5.26 Å². The minimum Gasteiger partial charge on any atom is -0.378 e. The summed E-state index contributed by atoms with van der Waals surface area (Å²) in [5.74, 6) is -0.508. The second-order valence-corrected chi connectivity index (χ2v) is 10.3. The quantitative estimate of drug-likeness (QED) is 0.466. The number of anilines is 2. The molecule has 0 N–H and O–H groups in total. The maximum Gasteiger partial charge on any atom is 0.254 e. The lowest BCUT2D eigenvalue weighted by atomic mass is 9.97. The number of nitrogens with zero attached hydrogens (tertiary/aromatic N) is 5. The van der Waals surface area contributed by atoms with Crippen LogP contribution in [0.15, 0.2) is 54.2 Å². The lowest BCUT2D eigenvalue weighted by Crippen LogP contribution is -2.40. The summed E-state index contributed by atoms with van der Waals surface area (Å²) in [5, 5.41) is 10.2. The van der Waals surface area contributed by atoms with Crippen molar-refractivity contribution in [3.63, 3.8) is 0 Å². The number of carbonyl (C=O) groups excluding carboxylic acids is 3. The molecule has 2 amide bonds. The van der Waals surface area contributed by atoms with Gasteiger partial charge in [0.05, 0.1) is 41.9 Å². The number of piperidine rings is 1. The Kier molecular flexibility index (Phi) is 6.78. The van der Waals surface area contributed by atoms with Crippen molar-refractivity contribution >= 4 is 46.0 Å². The molecule has 2 fully saturated rings. The van der Waals surface area contributed by atoms with E-state index in [1.165, 1.54) is 11.8 Å². The number of allylic oxidation sites excluding steroid dienone is 1. The highest BCUT2D eigenvalue weighted by Gasteiger charge is 2.34. The number of ketones is 1. The van der Waals surface area contributed by atoms with Crippen LogP contribution >= 0.6 is 0 Å². The Hall–Kier alpha value is -4.55. The highest BCUT2D eigenvalue weighted by Crippen LogP contribution is 2.37. The molecule has 40 heavy (non-hydrogen) atoms. The molecule has 4 heterocycles. The van der Waals surface area contributed by atoms with E-state index < -0.39 is 0 Å². The van der Waals surface area contributed by atoms with Crippen LogP contribution < -0.4 is 9.80 Å². The van der Waals surface area contributed by atoms with Gasteiger partial charge in [-0.25, -0.2) is 4.98 Å². The normalized spacial score (nSPS) is 18.8. The van der Waals surface area contributed by atoms with Gasteiger partial charge in [-0.3, -0.25) is 19.3 Å². The molecule has 6 rings (SSSR count). The zero-order valence-corrected chi connectivity index (χ0v) is 22.3. The van der Waals surface area contributed by atoms with Crippen LogP contribution in [0, 0.1) is 17.2 Å². The van der Waals surface area contributed by atoms with Gasteiger partial charge >= 0.3 is 0 Å². The van der Waals surface area contributed by atoms with E-state index in [2.05, 4.69) is 11.0 Å². The lowest BCUT2D eigenvalue weighted by Gasteiger charge is -2.32. The van der Waals surface area contributed by atoms with E-state index in [4.69, 9.17) is 9.72 Å². The van der Waals surface area contributed by atoms with Gasteiger partial charge in [0.25, 0.3) is 5.91 Å². The second kappa shape index (κ2) is 10.5. The molecule has 0 bridgehead atoms. The molecule has 2 saturated heterocycles. The van der Waals surface area contributed by atoms with Crippen molar-refractivity contribution < 1.29 is 19.1 Å². The fourth-order valence-electron chi connectivity index (χ4n) is 5.73. The van der Waals surface area contributed by atoms with E-state index in [0.717, 1.165) is 23.9 Å². The third-order valence-corrected chi connectivity index (χ3v) is 7.83. The molecule has 0 unspecified atom stereocenters. The molecule has 0 atom stereocenters. The molecular weight excluding hydrogens is 506 g/mol. The van der Waals surface area contributed by atoms with Gasteiger partial charge in [-0.15, -0.1) is 0 Å². The third kappa shape index (κ3) is 4.61. The molecule has 0 aliphatic carbocycles. The number of hydrogen-bond donors (Lipinski definition) is 0. The summed E-state index contributed by atoms with van der Waals surface area (Å²) < 4.78 is 5.40. The molecule has 202 valence electrons.